The summed E-state index contributed by atoms with van der Waals surface area (Å²) < 4.78 is 16.8. The summed E-state index contributed by atoms with van der Waals surface area (Å²) in [6.45, 7) is 6.49. The molecule has 0 rings (SSSR count). The minimum Gasteiger partial charge on any atom is -0.462 e. The van der Waals surface area contributed by atoms with E-state index in [1.165, 1.54) is 122 Å². The summed E-state index contributed by atoms with van der Waals surface area (Å²) in [5, 5.41) is 0. The number of ether oxygens (including phenoxy) is 3. The molecule has 1 atom stereocenters. The van der Waals surface area contributed by atoms with Crippen LogP contribution in [0.15, 0.2) is 72.9 Å². The standard InChI is InChI=1S/C58H100O6/c1-4-7-10-13-16-19-22-25-27-28-29-30-32-33-36-39-42-45-48-51-57(60)63-54-55(53-62-56(59)50-47-44-41-38-35-24-21-18-15-12-9-6-3)64-58(61)52-49-46-43-40-37-34-31-26-23-20-17-14-11-8-5-2/h7,10,16,19-20,23,25,27,29-30,33,36,55H,4-6,8-9,11-15,17-18,21-22,24,26,28,31-32,34-35,37-54H2,1-3H3/b10-7-,19-16-,23-20-,27-25-,30-29-,36-33-/t55-/m0/s1. The predicted molar refractivity (Wildman–Crippen MR) is 274 cm³/mol. The number of carbonyl (C=O) groups excluding carboxylic acids is 3. The van der Waals surface area contributed by atoms with Gasteiger partial charge in [0.25, 0.3) is 0 Å². The van der Waals surface area contributed by atoms with E-state index >= 15 is 0 Å². The summed E-state index contributed by atoms with van der Waals surface area (Å²) in [4.78, 5) is 38.0. The Morgan fingerprint density at radius 2 is 0.609 bits per heavy atom. The lowest BCUT2D eigenvalue weighted by Gasteiger charge is -2.18. The van der Waals surface area contributed by atoms with E-state index in [1.54, 1.807) is 0 Å². The van der Waals surface area contributed by atoms with Crippen LogP contribution in [0.3, 0.4) is 0 Å². The molecular formula is C58H100O6. The lowest BCUT2D eigenvalue weighted by molar-refractivity contribution is -0.167. The van der Waals surface area contributed by atoms with Gasteiger partial charge in [0, 0.05) is 19.3 Å². The Hall–Kier alpha value is -3.15. The second kappa shape index (κ2) is 52.5. The summed E-state index contributed by atoms with van der Waals surface area (Å²) >= 11 is 0. The van der Waals surface area contributed by atoms with Crippen molar-refractivity contribution >= 4 is 17.9 Å². The van der Waals surface area contributed by atoms with Gasteiger partial charge >= 0.3 is 17.9 Å². The van der Waals surface area contributed by atoms with E-state index in [1.807, 2.05) is 0 Å². The first-order valence-electron chi connectivity index (χ1n) is 26.9. The van der Waals surface area contributed by atoms with E-state index in [0.29, 0.717) is 19.3 Å². The zero-order chi connectivity index (χ0) is 46.5. The lowest BCUT2D eigenvalue weighted by atomic mass is 10.0. The zero-order valence-electron chi connectivity index (χ0n) is 42.0. The molecule has 0 aromatic heterocycles. The minimum absolute atomic E-state index is 0.0859. The van der Waals surface area contributed by atoms with Crippen molar-refractivity contribution in [1.82, 2.24) is 0 Å². The van der Waals surface area contributed by atoms with E-state index in [-0.39, 0.29) is 31.1 Å². The molecule has 0 heterocycles. The zero-order valence-corrected chi connectivity index (χ0v) is 42.0. The highest BCUT2D eigenvalue weighted by atomic mass is 16.6. The number of hydrogen-bond donors (Lipinski definition) is 0. The van der Waals surface area contributed by atoms with Gasteiger partial charge < -0.3 is 14.2 Å². The summed E-state index contributed by atoms with van der Waals surface area (Å²) in [6, 6.07) is 0. The molecule has 0 amide bonds. The topological polar surface area (TPSA) is 78.9 Å². The van der Waals surface area contributed by atoms with Gasteiger partial charge in [-0.15, -0.1) is 0 Å². The molecule has 368 valence electrons. The molecule has 0 aromatic rings. The second-order valence-corrected chi connectivity index (χ2v) is 17.8. The van der Waals surface area contributed by atoms with Crippen molar-refractivity contribution in [3.63, 3.8) is 0 Å². The Bertz CT molecular complexity index is 1210. The van der Waals surface area contributed by atoms with E-state index in [2.05, 4.69) is 93.7 Å². The molecule has 0 unspecified atom stereocenters. The van der Waals surface area contributed by atoms with Crippen LogP contribution in [0, 0.1) is 0 Å². The third kappa shape index (κ3) is 49.9. The molecule has 0 aliphatic rings. The number of esters is 3. The van der Waals surface area contributed by atoms with Crippen LogP contribution in [0.1, 0.15) is 258 Å². The molecule has 0 radical (unpaired) electrons. The van der Waals surface area contributed by atoms with E-state index in [0.717, 1.165) is 96.3 Å². The first-order valence-corrected chi connectivity index (χ1v) is 26.9. The van der Waals surface area contributed by atoms with Crippen molar-refractivity contribution in [3.8, 4) is 0 Å². The molecule has 6 nitrogen and oxygen atoms in total. The number of hydrogen-bond acceptors (Lipinski definition) is 6. The summed E-state index contributed by atoms with van der Waals surface area (Å²) in [7, 11) is 0. The first-order chi connectivity index (χ1) is 31.5. The van der Waals surface area contributed by atoms with Gasteiger partial charge in [0.2, 0.25) is 0 Å². The monoisotopic (exact) mass is 893 g/mol. The van der Waals surface area contributed by atoms with Gasteiger partial charge in [0.1, 0.15) is 13.2 Å². The van der Waals surface area contributed by atoms with Crippen LogP contribution < -0.4 is 0 Å². The van der Waals surface area contributed by atoms with Gasteiger partial charge in [0.05, 0.1) is 0 Å². The van der Waals surface area contributed by atoms with Gasteiger partial charge in [0.15, 0.2) is 6.10 Å². The Morgan fingerprint density at radius 1 is 0.328 bits per heavy atom. The van der Waals surface area contributed by atoms with Crippen molar-refractivity contribution in [2.45, 2.75) is 264 Å². The van der Waals surface area contributed by atoms with Crippen molar-refractivity contribution in [3.05, 3.63) is 72.9 Å². The van der Waals surface area contributed by atoms with Crippen LogP contribution in [0.5, 0.6) is 0 Å². The Kier molecular flexibility index (Phi) is 49.9. The van der Waals surface area contributed by atoms with Crippen LogP contribution >= 0.6 is 0 Å². The molecule has 0 N–H and O–H groups in total. The number of carbonyl (C=O) groups is 3. The molecule has 0 aromatic carbocycles. The highest BCUT2D eigenvalue weighted by molar-refractivity contribution is 5.71. The third-order valence-electron chi connectivity index (χ3n) is 11.4. The fraction of sp³-hybridized carbons (Fsp3) is 0.741. The van der Waals surface area contributed by atoms with Crippen LogP contribution in [-0.2, 0) is 28.6 Å². The maximum Gasteiger partial charge on any atom is 0.306 e. The predicted octanol–water partition coefficient (Wildman–Crippen LogP) is 17.8. The minimum atomic E-state index is -0.789. The Labute approximate surface area is 395 Å². The molecule has 0 aliphatic carbocycles. The van der Waals surface area contributed by atoms with Gasteiger partial charge in [-0.2, -0.15) is 0 Å². The van der Waals surface area contributed by atoms with Crippen LogP contribution in [0.2, 0.25) is 0 Å². The fourth-order valence-corrected chi connectivity index (χ4v) is 7.40. The highest BCUT2D eigenvalue weighted by Gasteiger charge is 2.19. The van der Waals surface area contributed by atoms with E-state index in [4.69, 9.17) is 14.2 Å². The van der Waals surface area contributed by atoms with Crippen molar-refractivity contribution in [2.75, 3.05) is 13.2 Å². The number of rotatable bonds is 48. The molecule has 64 heavy (non-hydrogen) atoms. The maximum atomic E-state index is 12.8. The van der Waals surface area contributed by atoms with Gasteiger partial charge in [-0.25, -0.2) is 0 Å². The molecule has 0 fully saturated rings. The van der Waals surface area contributed by atoms with Gasteiger partial charge in [-0.1, -0.05) is 222 Å². The summed E-state index contributed by atoms with van der Waals surface area (Å²) in [6.07, 6.45) is 66.0. The van der Waals surface area contributed by atoms with Gasteiger partial charge in [-0.05, 0) is 89.9 Å². The van der Waals surface area contributed by atoms with Crippen molar-refractivity contribution in [1.29, 1.82) is 0 Å². The molecule has 0 saturated heterocycles. The molecule has 0 aliphatic heterocycles. The SMILES string of the molecule is CC/C=C\C/C=C\C/C=C\C/C=C\C/C=C\CCCCCC(=O)OC[C@H](COC(=O)CCCCCCCCCCCCCC)OC(=O)CCCCCCCCC/C=C\CCCCCC. The molecular weight excluding hydrogens is 793 g/mol. The van der Waals surface area contributed by atoms with Crippen molar-refractivity contribution < 1.29 is 28.6 Å². The average molecular weight is 893 g/mol. The first kappa shape index (κ1) is 60.9. The molecule has 0 saturated carbocycles. The smallest absolute Gasteiger partial charge is 0.306 e. The van der Waals surface area contributed by atoms with E-state index < -0.39 is 6.10 Å². The Morgan fingerprint density at radius 3 is 1.00 bits per heavy atom. The molecule has 6 heteroatoms. The number of allylic oxidation sites excluding steroid dienone is 12. The summed E-state index contributed by atoms with van der Waals surface area (Å²) in [5.74, 6) is -0.919. The maximum absolute atomic E-state index is 12.8. The Balaban J connectivity index is 4.43. The highest BCUT2D eigenvalue weighted by Crippen LogP contribution is 2.15. The summed E-state index contributed by atoms with van der Waals surface area (Å²) in [5.41, 5.74) is 0. The quantitative estimate of drug-likeness (QED) is 0.0262. The fourth-order valence-electron chi connectivity index (χ4n) is 7.40. The van der Waals surface area contributed by atoms with Crippen LogP contribution in [0.4, 0.5) is 0 Å². The van der Waals surface area contributed by atoms with Crippen LogP contribution in [-0.4, -0.2) is 37.2 Å². The largest absolute Gasteiger partial charge is 0.462 e. The van der Waals surface area contributed by atoms with Gasteiger partial charge in [-0.3, -0.25) is 14.4 Å². The number of unbranched alkanes of at least 4 members (excludes halogenated alkanes) is 25. The average Bonchev–Trinajstić information content (AvgIpc) is 3.29. The lowest BCUT2D eigenvalue weighted by Crippen LogP contribution is -2.30. The second-order valence-electron chi connectivity index (χ2n) is 17.8. The van der Waals surface area contributed by atoms with E-state index in [9.17, 15) is 14.4 Å². The third-order valence-corrected chi connectivity index (χ3v) is 11.4. The molecule has 0 spiro atoms. The molecule has 0 bridgehead atoms. The van der Waals surface area contributed by atoms with Crippen LogP contribution in [0.25, 0.3) is 0 Å². The normalized spacial score (nSPS) is 12.6. The van der Waals surface area contributed by atoms with Crippen molar-refractivity contribution in [2.24, 2.45) is 0 Å².